The van der Waals surface area contributed by atoms with Crippen LogP contribution in [0.5, 0.6) is 0 Å². The van der Waals surface area contributed by atoms with E-state index in [1.807, 2.05) is 65.0 Å². The minimum Gasteiger partial charge on any atom is -0.321 e. The van der Waals surface area contributed by atoms with Gasteiger partial charge in [-0.1, -0.05) is 47.2 Å². The minimum absolute atomic E-state index is 0.233. The van der Waals surface area contributed by atoms with Crippen molar-refractivity contribution in [2.24, 2.45) is 0 Å². The molecule has 0 radical (unpaired) electrons. The van der Waals surface area contributed by atoms with Crippen LogP contribution >= 0.6 is 11.3 Å². The second-order valence-electron chi connectivity index (χ2n) is 7.51. The summed E-state index contributed by atoms with van der Waals surface area (Å²) >= 11 is 1.15. The fraction of sp³-hybridized carbons (Fsp3) is 0.261. The molecule has 0 atom stereocenters. The maximum atomic E-state index is 12.8. The van der Waals surface area contributed by atoms with Crippen molar-refractivity contribution in [2.45, 2.75) is 41.5 Å². The van der Waals surface area contributed by atoms with Crippen LogP contribution in [0, 0.1) is 41.5 Å². The van der Waals surface area contributed by atoms with Gasteiger partial charge in [-0.3, -0.25) is 10.1 Å². The summed E-state index contributed by atoms with van der Waals surface area (Å²) in [7, 11) is 0. The van der Waals surface area contributed by atoms with Crippen LogP contribution in [0.1, 0.15) is 43.2 Å². The number of aryl methyl sites for hydroxylation is 6. The number of hydrogen-bond donors (Lipinski definition) is 3. The van der Waals surface area contributed by atoms with E-state index in [0.717, 1.165) is 50.5 Å². The maximum absolute atomic E-state index is 12.8. The van der Waals surface area contributed by atoms with Gasteiger partial charge < -0.3 is 10.6 Å². The summed E-state index contributed by atoms with van der Waals surface area (Å²) < 4.78 is 0. The number of thiazole rings is 1. The van der Waals surface area contributed by atoms with E-state index in [9.17, 15) is 9.59 Å². The number of rotatable bonds is 4. The largest absolute Gasteiger partial charge is 0.325 e. The van der Waals surface area contributed by atoms with E-state index in [1.54, 1.807) is 6.92 Å². The zero-order valence-corrected chi connectivity index (χ0v) is 18.9. The normalized spacial score (nSPS) is 10.6. The average molecular weight is 423 g/mol. The van der Waals surface area contributed by atoms with Crippen LogP contribution in [-0.2, 0) is 0 Å². The Hall–Kier alpha value is -3.19. The maximum Gasteiger partial charge on any atom is 0.325 e. The van der Waals surface area contributed by atoms with Gasteiger partial charge in [-0.15, -0.1) is 0 Å². The molecule has 1 heterocycles. The molecule has 3 rings (SSSR count). The summed E-state index contributed by atoms with van der Waals surface area (Å²) in [6.07, 6.45) is 0. The zero-order chi connectivity index (χ0) is 22.0. The Morgan fingerprint density at radius 1 is 0.800 bits per heavy atom. The van der Waals surface area contributed by atoms with Crippen LogP contribution in [0.3, 0.4) is 0 Å². The van der Waals surface area contributed by atoms with E-state index in [1.165, 1.54) is 0 Å². The zero-order valence-electron chi connectivity index (χ0n) is 18.1. The Kier molecular flexibility index (Phi) is 6.22. The lowest BCUT2D eigenvalue weighted by atomic mass is 10.1. The van der Waals surface area contributed by atoms with Crippen molar-refractivity contribution in [3.63, 3.8) is 0 Å². The number of carbonyl (C=O) groups is 2. The number of anilines is 3. The number of nitrogens with zero attached hydrogens (tertiary/aromatic N) is 1. The molecule has 0 aliphatic heterocycles. The van der Waals surface area contributed by atoms with Crippen molar-refractivity contribution in [3.8, 4) is 0 Å². The Morgan fingerprint density at radius 3 is 1.97 bits per heavy atom. The standard InChI is InChI=1S/C23H26N4O2S/c1-12-10-15(4)19(16(5)11-12)25-21(28)20-17(6)24-23(30-20)27-22(29)26-18-13(2)8-7-9-14(18)3/h7-11H,1-6H3,(H,25,28)(H2,24,26,27,29). The summed E-state index contributed by atoms with van der Waals surface area (Å²) in [5, 5.41) is 8.95. The van der Waals surface area contributed by atoms with Crippen LogP contribution in [0.15, 0.2) is 30.3 Å². The molecule has 30 heavy (non-hydrogen) atoms. The fourth-order valence-corrected chi connectivity index (χ4v) is 4.32. The van der Waals surface area contributed by atoms with E-state index < -0.39 is 6.03 Å². The third kappa shape index (κ3) is 4.68. The molecule has 2 aromatic carbocycles. The SMILES string of the molecule is Cc1cc(C)c(NC(=O)c2sc(NC(=O)Nc3c(C)cccc3C)nc2C)c(C)c1. The summed E-state index contributed by atoms with van der Waals surface area (Å²) in [4.78, 5) is 30.1. The molecule has 1 aromatic heterocycles. The third-order valence-electron chi connectivity index (χ3n) is 4.86. The lowest BCUT2D eigenvalue weighted by molar-refractivity contribution is 0.102. The van der Waals surface area contributed by atoms with Crippen molar-refractivity contribution >= 4 is 39.8 Å². The first kappa shape index (κ1) is 21.5. The number of para-hydroxylation sites is 1. The van der Waals surface area contributed by atoms with Gasteiger partial charge in [0.1, 0.15) is 4.88 Å². The predicted octanol–water partition coefficient (Wildman–Crippen LogP) is 5.89. The molecule has 0 saturated carbocycles. The first-order valence-corrected chi connectivity index (χ1v) is 10.5. The molecule has 0 aliphatic rings. The molecule has 7 heteroatoms. The summed E-state index contributed by atoms with van der Waals surface area (Å²) in [6.45, 7) is 11.6. The third-order valence-corrected chi connectivity index (χ3v) is 5.93. The van der Waals surface area contributed by atoms with Crippen molar-refractivity contribution in [1.29, 1.82) is 0 Å². The number of nitrogens with one attached hydrogen (secondary N) is 3. The predicted molar refractivity (Wildman–Crippen MR) is 124 cm³/mol. The van der Waals surface area contributed by atoms with E-state index in [0.29, 0.717) is 15.7 Å². The second kappa shape index (κ2) is 8.67. The van der Waals surface area contributed by atoms with E-state index in [4.69, 9.17) is 0 Å². The van der Waals surface area contributed by atoms with E-state index >= 15 is 0 Å². The molecule has 0 spiro atoms. The molecule has 0 aliphatic carbocycles. The van der Waals surface area contributed by atoms with E-state index in [-0.39, 0.29) is 5.91 Å². The molecule has 3 amide bonds. The Bertz CT molecular complexity index is 1090. The van der Waals surface area contributed by atoms with Gasteiger partial charge in [0.05, 0.1) is 5.69 Å². The van der Waals surface area contributed by atoms with Gasteiger partial charge in [-0.25, -0.2) is 9.78 Å². The van der Waals surface area contributed by atoms with Gasteiger partial charge in [-0.2, -0.15) is 0 Å². The molecular weight excluding hydrogens is 396 g/mol. The average Bonchev–Trinajstić information content (AvgIpc) is 3.01. The second-order valence-corrected chi connectivity index (χ2v) is 8.51. The van der Waals surface area contributed by atoms with Crippen LogP contribution in [0.4, 0.5) is 21.3 Å². The molecule has 0 bridgehead atoms. The Morgan fingerprint density at radius 2 is 1.37 bits per heavy atom. The van der Waals surface area contributed by atoms with Crippen molar-refractivity contribution in [2.75, 3.05) is 16.0 Å². The number of aromatic nitrogens is 1. The Balaban J connectivity index is 1.74. The van der Waals surface area contributed by atoms with Crippen LogP contribution < -0.4 is 16.0 Å². The van der Waals surface area contributed by atoms with Crippen molar-refractivity contribution in [3.05, 3.63) is 68.7 Å². The summed E-state index contributed by atoms with van der Waals surface area (Å²) in [6, 6.07) is 9.50. The van der Waals surface area contributed by atoms with Crippen LogP contribution in [0.2, 0.25) is 0 Å². The lowest BCUT2D eigenvalue weighted by Crippen LogP contribution is -2.20. The molecule has 3 aromatic rings. The van der Waals surface area contributed by atoms with Gasteiger partial charge >= 0.3 is 6.03 Å². The van der Waals surface area contributed by atoms with Gasteiger partial charge in [-0.05, 0) is 63.8 Å². The highest BCUT2D eigenvalue weighted by Crippen LogP contribution is 2.27. The quantitative estimate of drug-likeness (QED) is 0.490. The first-order valence-electron chi connectivity index (χ1n) is 9.66. The smallest absolute Gasteiger partial charge is 0.321 e. The number of carbonyl (C=O) groups excluding carboxylic acids is 2. The number of benzene rings is 2. The highest BCUT2D eigenvalue weighted by molar-refractivity contribution is 7.17. The topological polar surface area (TPSA) is 83.1 Å². The lowest BCUT2D eigenvalue weighted by Gasteiger charge is -2.12. The molecule has 6 nitrogen and oxygen atoms in total. The molecule has 0 saturated heterocycles. The van der Waals surface area contributed by atoms with Gasteiger partial charge in [0.15, 0.2) is 5.13 Å². The van der Waals surface area contributed by atoms with Crippen molar-refractivity contribution < 1.29 is 9.59 Å². The molecule has 0 unspecified atom stereocenters. The molecule has 3 N–H and O–H groups in total. The number of hydrogen-bond acceptors (Lipinski definition) is 4. The number of amides is 3. The molecule has 156 valence electrons. The minimum atomic E-state index is -0.390. The summed E-state index contributed by atoms with van der Waals surface area (Å²) in [5.74, 6) is -0.233. The van der Waals surface area contributed by atoms with Gasteiger partial charge in [0, 0.05) is 11.4 Å². The van der Waals surface area contributed by atoms with Crippen molar-refractivity contribution in [1.82, 2.24) is 4.98 Å². The highest BCUT2D eigenvalue weighted by Gasteiger charge is 2.18. The first-order chi connectivity index (χ1) is 14.2. The van der Waals surface area contributed by atoms with Gasteiger partial charge in [0.2, 0.25) is 0 Å². The van der Waals surface area contributed by atoms with Crippen LogP contribution in [0.25, 0.3) is 0 Å². The fourth-order valence-electron chi connectivity index (χ4n) is 3.46. The summed E-state index contributed by atoms with van der Waals surface area (Å²) in [5.41, 5.74) is 7.27. The highest BCUT2D eigenvalue weighted by atomic mass is 32.1. The number of urea groups is 1. The van der Waals surface area contributed by atoms with E-state index in [2.05, 4.69) is 20.9 Å². The monoisotopic (exact) mass is 422 g/mol. The van der Waals surface area contributed by atoms with Crippen LogP contribution in [-0.4, -0.2) is 16.9 Å². The van der Waals surface area contributed by atoms with Gasteiger partial charge in [0.25, 0.3) is 5.91 Å². The Labute approximate surface area is 180 Å². The molecular formula is C23H26N4O2S. The molecule has 0 fully saturated rings.